The summed E-state index contributed by atoms with van der Waals surface area (Å²) in [7, 11) is 1.83. The van der Waals surface area contributed by atoms with Gasteiger partial charge in [-0.1, -0.05) is 11.6 Å². The average molecular weight is 349 g/mol. The van der Waals surface area contributed by atoms with Crippen LogP contribution in [0.3, 0.4) is 0 Å². The molecule has 8 heteroatoms. The summed E-state index contributed by atoms with van der Waals surface area (Å²) in [5.74, 6) is 1.08. The van der Waals surface area contributed by atoms with Gasteiger partial charge in [-0.25, -0.2) is 9.97 Å². The molecule has 110 valence electrons. The van der Waals surface area contributed by atoms with E-state index in [9.17, 15) is 0 Å². The largest absolute Gasteiger partial charge is 0.452 e. The molecule has 0 aliphatic rings. The first-order chi connectivity index (χ1) is 10.6. The fraction of sp³-hybridized carbons (Fsp3) is 0.0714. The van der Waals surface area contributed by atoms with Crippen LogP contribution in [0.25, 0.3) is 21.4 Å². The van der Waals surface area contributed by atoms with Gasteiger partial charge >= 0.3 is 0 Å². The molecule has 1 N–H and O–H groups in total. The minimum atomic E-state index is 0.463. The van der Waals surface area contributed by atoms with Crippen LogP contribution in [-0.4, -0.2) is 19.5 Å². The number of nitrogens with one attached hydrogen (secondary N) is 1. The number of nitrogens with zero attached hydrogens (tertiary/aromatic N) is 3. The molecule has 4 rings (SSSR count). The number of rotatable bonds is 2. The number of aromatic amines is 1. The van der Waals surface area contributed by atoms with Gasteiger partial charge < -0.3 is 14.3 Å². The Balaban J connectivity index is 1.82. The molecule has 0 aliphatic heterocycles. The van der Waals surface area contributed by atoms with Crippen molar-refractivity contribution in [2.24, 2.45) is 7.05 Å². The fourth-order valence-corrected chi connectivity index (χ4v) is 3.45. The van der Waals surface area contributed by atoms with E-state index in [-0.39, 0.29) is 0 Å². The predicted octanol–water partition coefficient (Wildman–Crippen LogP) is 4.69. The highest BCUT2D eigenvalue weighted by Gasteiger charge is 2.13. The second-order valence-electron chi connectivity index (χ2n) is 4.71. The van der Waals surface area contributed by atoms with Crippen molar-refractivity contribution in [3.05, 3.63) is 39.7 Å². The molecule has 22 heavy (non-hydrogen) atoms. The Kier molecular flexibility index (Phi) is 3.14. The Bertz CT molecular complexity index is 1070. The van der Waals surface area contributed by atoms with E-state index in [0.29, 0.717) is 32.5 Å². The Morgan fingerprint density at radius 1 is 1.36 bits per heavy atom. The number of imidazole rings is 1. The van der Waals surface area contributed by atoms with Crippen LogP contribution in [0.5, 0.6) is 11.5 Å². The minimum absolute atomic E-state index is 0.463. The van der Waals surface area contributed by atoms with E-state index in [2.05, 4.69) is 15.0 Å². The summed E-state index contributed by atoms with van der Waals surface area (Å²) in [6.45, 7) is 0. The van der Waals surface area contributed by atoms with E-state index in [1.165, 1.54) is 0 Å². The van der Waals surface area contributed by atoms with Crippen LogP contribution in [0.2, 0.25) is 5.02 Å². The topological polar surface area (TPSA) is 55.7 Å². The molecule has 0 unspecified atom stereocenters. The van der Waals surface area contributed by atoms with Gasteiger partial charge in [-0.3, -0.25) is 0 Å². The van der Waals surface area contributed by atoms with Crippen LogP contribution in [0.15, 0.2) is 29.9 Å². The first-order valence-electron chi connectivity index (χ1n) is 6.38. The summed E-state index contributed by atoms with van der Waals surface area (Å²) in [4.78, 5) is 12.6. The van der Waals surface area contributed by atoms with Crippen molar-refractivity contribution in [1.82, 2.24) is 19.5 Å². The minimum Gasteiger partial charge on any atom is -0.452 e. The molecule has 0 atom stereocenters. The smallest absolute Gasteiger partial charge is 0.179 e. The third kappa shape index (κ3) is 2.09. The van der Waals surface area contributed by atoms with E-state index in [0.717, 1.165) is 10.2 Å². The second-order valence-corrected chi connectivity index (χ2v) is 6.37. The summed E-state index contributed by atoms with van der Waals surface area (Å²) < 4.78 is 8.17. The molecular formula is C14H9ClN4OS2. The van der Waals surface area contributed by atoms with Gasteiger partial charge in [0.2, 0.25) is 0 Å². The lowest BCUT2D eigenvalue weighted by molar-refractivity contribution is 0.480. The van der Waals surface area contributed by atoms with E-state index in [1.54, 1.807) is 28.3 Å². The molecule has 0 amide bonds. The molecule has 0 saturated carbocycles. The molecule has 4 heterocycles. The standard InChI is InChI=1S/C14H9ClN4OS2/c1-19-11-10(15)9(6-16-12(11)18-14(19)21)20-8-4-7-2-3-22-13(7)17-5-8/h2-6H,1H3,(H,16,18,21). The van der Waals surface area contributed by atoms with Crippen molar-refractivity contribution in [3.8, 4) is 11.5 Å². The van der Waals surface area contributed by atoms with E-state index in [1.807, 2.05) is 24.6 Å². The van der Waals surface area contributed by atoms with E-state index < -0.39 is 0 Å². The van der Waals surface area contributed by atoms with Crippen molar-refractivity contribution in [1.29, 1.82) is 0 Å². The van der Waals surface area contributed by atoms with Crippen LogP contribution < -0.4 is 4.74 Å². The molecule has 0 fully saturated rings. The Labute approximate surface area is 139 Å². The van der Waals surface area contributed by atoms with Gasteiger partial charge in [0.25, 0.3) is 0 Å². The van der Waals surface area contributed by atoms with Gasteiger partial charge in [0.05, 0.1) is 12.4 Å². The zero-order valence-electron chi connectivity index (χ0n) is 11.3. The average Bonchev–Trinajstić information content (AvgIpc) is 3.07. The number of hydrogen-bond acceptors (Lipinski definition) is 5. The molecule has 0 radical (unpaired) electrons. The molecule has 0 bridgehead atoms. The number of aromatic nitrogens is 4. The van der Waals surface area contributed by atoms with Crippen molar-refractivity contribution in [2.45, 2.75) is 0 Å². The third-order valence-electron chi connectivity index (χ3n) is 3.33. The number of thiophene rings is 1. The Morgan fingerprint density at radius 2 is 2.23 bits per heavy atom. The predicted molar refractivity (Wildman–Crippen MR) is 90.6 cm³/mol. The summed E-state index contributed by atoms with van der Waals surface area (Å²) in [6, 6.07) is 3.92. The van der Waals surface area contributed by atoms with Crippen LogP contribution in [-0.2, 0) is 7.05 Å². The maximum Gasteiger partial charge on any atom is 0.179 e. The van der Waals surface area contributed by atoms with E-state index >= 15 is 0 Å². The van der Waals surface area contributed by atoms with Crippen LogP contribution in [0, 0.1) is 4.77 Å². The molecule has 0 spiro atoms. The van der Waals surface area contributed by atoms with Crippen molar-refractivity contribution >= 4 is 56.5 Å². The van der Waals surface area contributed by atoms with Crippen molar-refractivity contribution < 1.29 is 4.74 Å². The quantitative estimate of drug-likeness (QED) is 0.534. The highest BCUT2D eigenvalue weighted by molar-refractivity contribution is 7.71. The lowest BCUT2D eigenvalue weighted by atomic mass is 10.3. The number of H-pyrrole nitrogens is 1. The fourth-order valence-electron chi connectivity index (χ4n) is 2.24. The SMILES string of the molecule is Cn1c(=S)[nH]c2ncc(Oc3cnc4sccc4c3)c(Cl)c21. The van der Waals surface area contributed by atoms with Gasteiger partial charge in [-0.05, 0) is 29.7 Å². The first-order valence-corrected chi connectivity index (χ1v) is 8.04. The molecular weight excluding hydrogens is 340 g/mol. The molecule has 0 saturated heterocycles. The highest BCUT2D eigenvalue weighted by atomic mass is 35.5. The zero-order valence-corrected chi connectivity index (χ0v) is 13.7. The van der Waals surface area contributed by atoms with Crippen LogP contribution in [0.1, 0.15) is 0 Å². The Morgan fingerprint density at radius 3 is 3.09 bits per heavy atom. The lowest BCUT2D eigenvalue weighted by Crippen LogP contribution is -1.92. The summed E-state index contributed by atoms with van der Waals surface area (Å²) in [6.07, 6.45) is 3.25. The first kappa shape index (κ1) is 13.7. The zero-order chi connectivity index (χ0) is 15.3. The number of hydrogen-bond donors (Lipinski definition) is 1. The van der Waals surface area contributed by atoms with Crippen LogP contribution >= 0.6 is 35.2 Å². The van der Waals surface area contributed by atoms with Gasteiger partial charge in [-0.2, -0.15) is 0 Å². The number of aryl methyl sites for hydroxylation is 1. The second kappa shape index (κ2) is 5.05. The molecule has 5 nitrogen and oxygen atoms in total. The number of pyridine rings is 2. The Hall–Kier alpha value is -1.96. The monoisotopic (exact) mass is 348 g/mol. The maximum atomic E-state index is 6.44. The van der Waals surface area contributed by atoms with Crippen LogP contribution in [0.4, 0.5) is 0 Å². The normalized spacial score (nSPS) is 11.4. The molecule has 4 aromatic heterocycles. The number of halogens is 1. The summed E-state index contributed by atoms with van der Waals surface area (Å²) in [5, 5.41) is 3.49. The highest BCUT2D eigenvalue weighted by Crippen LogP contribution is 2.34. The lowest BCUT2D eigenvalue weighted by Gasteiger charge is -2.08. The van der Waals surface area contributed by atoms with Gasteiger partial charge in [0, 0.05) is 12.4 Å². The van der Waals surface area contributed by atoms with Crippen molar-refractivity contribution in [3.63, 3.8) is 0 Å². The van der Waals surface area contributed by atoms with Gasteiger partial charge in [0.1, 0.15) is 21.1 Å². The number of ether oxygens (including phenoxy) is 1. The van der Waals surface area contributed by atoms with Crippen molar-refractivity contribution in [2.75, 3.05) is 0 Å². The van der Waals surface area contributed by atoms with E-state index in [4.69, 9.17) is 28.6 Å². The van der Waals surface area contributed by atoms with Gasteiger partial charge in [-0.15, -0.1) is 11.3 Å². The number of fused-ring (bicyclic) bond motifs is 2. The summed E-state index contributed by atoms with van der Waals surface area (Å²) in [5.41, 5.74) is 1.35. The molecule has 4 aromatic rings. The third-order valence-corrected chi connectivity index (χ3v) is 4.91. The maximum absolute atomic E-state index is 6.44. The molecule has 0 aliphatic carbocycles. The molecule has 0 aromatic carbocycles. The summed E-state index contributed by atoms with van der Waals surface area (Å²) >= 11 is 13.2. The van der Waals surface area contributed by atoms with Gasteiger partial charge in [0.15, 0.2) is 16.2 Å².